The standard InChI is InChI=1S/C16H23NO2/c1-16(2,3)12-7-5-11(6-8-12)15(18)13-9-19-10-14(13)17-4/h5-8,13-14,17H,9-10H2,1-4H3. The van der Waals surface area contributed by atoms with Crippen LogP contribution >= 0.6 is 0 Å². The van der Waals surface area contributed by atoms with Gasteiger partial charge in [-0.05, 0) is 18.0 Å². The SMILES string of the molecule is CNC1COCC1C(=O)c1ccc(C(C)(C)C)cc1. The predicted molar refractivity (Wildman–Crippen MR) is 76.6 cm³/mol. The summed E-state index contributed by atoms with van der Waals surface area (Å²) in [6, 6.07) is 8.12. The van der Waals surface area contributed by atoms with Gasteiger partial charge in [-0.15, -0.1) is 0 Å². The van der Waals surface area contributed by atoms with Crippen molar-refractivity contribution in [1.29, 1.82) is 0 Å². The van der Waals surface area contributed by atoms with Crippen LogP contribution in [0.25, 0.3) is 0 Å². The summed E-state index contributed by atoms with van der Waals surface area (Å²) in [7, 11) is 1.88. The van der Waals surface area contributed by atoms with Gasteiger partial charge < -0.3 is 10.1 Å². The average molecular weight is 261 g/mol. The third-order valence-electron chi connectivity index (χ3n) is 3.82. The lowest BCUT2D eigenvalue weighted by molar-refractivity contribution is 0.0892. The minimum absolute atomic E-state index is 0.0644. The third kappa shape index (κ3) is 3.04. The fourth-order valence-corrected chi connectivity index (χ4v) is 2.45. The molecule has 3 heteroatoms. The second kappa shape index (κ2) is 5.43. The smallest absolute Gasteiger partial charge is 0.169 e. The van der Waals surface area contributed by atoms with E-state index in [0.29, 0.717) is 13.2 Å². The number of ketones is 1. The molecule has 0 radical (unpaired) electrons. The maximum atomic E-state index is 12.5. The molecule has 1 aliphatic heterocycles. The van der Waals surface area contributed by atoms with Crippen LogP contribution in [0.5, 0.6) is 0 Å². The Balaban J connectivity index is 2.16. The molecular formula is C16H23NO2. The van der Waals surface area contributed by atoms with Gasteiger partial charge in [0, 0.05) is 11.6 Å². The normalized spacial score (nSPS) is 23.6. The summed E-state index contributed by atoms with van der Waals surface area (Å²) in [4.78, 5) is 12.5. The van der Waals surface area contributed by atoms with Crippen molar-refractivity contribution in [3.63, 3.8) is 0 Å². The van der Waals surface area contributed by atoms with Crippen molar-refractivity contribution in [3.8, 4) is 0 Å². The molecule has 0 aromatic heterocycles. The third-order valence-corrected chi connectivity index (χ3v) is 3.82. The van der Waals surface area contributed by atoms with E-state index in [4.69, 9.17) is 4.74 Å². The van der Waals surface area contributed by atoms with E-state index >= 15 is 0 Å². The predicted octanol–water partition coefficient (Wildman–Crippen LogP) is 2.40. The molecule has 0 saturated carbocycles. The summed E-state index contributed by atoms with van der Waals surface area (Å²) in [6.45, 7) is 7.65. The fourth-order valence-electron chi connectivity index (χ4n) is 2.45. The Bertz CT molecular complexity index is 445. The lowest BCUT2D eigenvalue weighted by atomic mass is 9.85. The van der Waals surface area contributed by atoms with Gasteiger partial charge in [0.25, 0.3) is 0 Å². The van der Waals surface area contributed by atoms with E-state index in [9.17, 15) is 4.79 Å². The Labute approximate surface area is 115 Å². The summed E-state index contributed by atoms with van der Waals surface area (Å²) in [6.07, 6.45) is 0. The number of hydrogen-bond acceptors (Lipinski definition) is 3. The Morgan fingerprint density at radius 1 is 1.21 bits per heavy atom. The summed E-state index contributed by atoms with van der Waals surface area (Å²) < 4.78 is 5.40. The maximum absolute atomic E-state index is 12.5. The number of hydrogen-bond donors (Lipinski definition) is 1. The molecule has 1 aliphatic rings. The number of benzene rings is 1. The first-order valence-corrected chi connectivity index (χ1v) is 6.83. The number of nitrogens with one attached hydrogen (secondary N) is 1. The van der Waals surface area contributed by atoms with Gasteiger partial charge in [-0.2, -0.15) is 0 Å². The van der Waals surface area contributed by atoms with Gasteiger partial charge in [0.1, 0.15) is 0 Å². The Kier molecular flexibility index (Phi) is 4.07. The van der Waals surface area contributed by atoms with Gasteiger partial charge in [-0.3, -0.25) is 4.79 Å². The minimum atomic E-state index is -0.0644. The van der Waals surface area contributed by atoms with Gasteiger partial charge in [0.15, 0.2) is 5.78 Å². The van der Waals surface area contributed by atoms with Crippen molar-refractivity contribution in [2.45, 2.75) is 32.2 Å². The van der Waals surface area contributed by atoms with Crippen molar-refractivity contribution in [1.82, 2.24) is 5.32 Å². The minimum Gasteiger partial charge on any atom is -0.379 e. The summed E-state index contributed by atoms with van der Waals surface area (Å²) in [5.74, 6) is 0.114. The zero-order chi connectivity index (χ0) is 14.0. The molecule has 19 heavy (non-hydrogen) atoms. The van der Waals surface area contributed by atoms with Crippen LogP contribution in [0.1, 0.15) is 36.7 Å². The first-order chi connectivity index (χ1) is 8.93. The van der Waals surface area contributed by atoms with E-state index in [0.717, 1.165) is 5.56 Å². The number of rotatable bonds is 3. The molecule has 1 saturated heterocycles. The molecule has 2 unspecified atom stereocenters. The van der Waals surface area contributed by atoms with E-state index in [1.807, 2.05) is 19.2 Å². The Hall–Kier alpha value is -1.19. The van der Waals surface area contributed by atoms with E-state index < -0.39 is 0 Å². The lowest BCUT2D eigenvalue weighted by Gasteiger charge is -2.20. The van der Waals surface area contributed by atoms with Crippen molar-refractivity contribution < 1.29 is 9.53 Å². The molecule has 1 fully saturated rings. The van der Waals surface area contributed by atoms with Gasteiger partial charge in [0.05, 0.1) is 19.1 Å². The average Bonchev–Trinajstić information content (AvgIpc) is 2.85. The maximum Gasteiger partial charge on any atom is 0.169 e. The molecule has 0 spiro atoms. The molecule has 1 heterocycles. The van der Waals surface area contributed by atoms with Crippen LogP contribution in [0.3, 0.4) is 0 Å². The van der Waals surface area contributed by atoms with Gasteiger partial charge in [-0.1, -0.05) is 45.0 Å². The number of carbonyl (C=O) groups is 1. The molecule has 1 N–H and O–H groups in total. The second-order valence-electron chi connectivity index (χ2n) is 6.23. The lowest BCUT2D eigenvalue weighted by Crippen LogP contribution is -2.37. The number of likely N-dealkylation sites (N-methyl/N-ethyl adjacent to an activating group) is 1. The number of carbonyl (C=O) groups excluding carboxylic acids is 1. The summed E-state index contributed by atoms with van der Waals surface area (Å²) >= 11 is 0. The molecule has 3 nitrogen and oxygen atoms in total. The van der Waals surface area contributed by atoms with Crippen LogP contribution in [0.4, 0.5) is 0 Å². The highest BCUT2D eigenvalue weighted by atomic mass is 16.5. The topological polar surface area (TPSA) is 38.3 Å². The Morgan fingerprint density at radius 3 is 2.37 bits per heavy atom. The quantitative estimate of drug-likeness (QED) is 0.849. The van der Waals surface area contributed by atoms with E-state index in [1.54, 1.807) is 0 Å². The van der Waals surface area contributed by atoms with Crippen LogP contribution < -0.4 is 5.32 Å². The second-order valence-corrected chi connectivity index (χ2v) is 6.23. The molecule has 1 aromatic carbocycles. The van der Waals surface area contributed by atoms with Crippen LogP contribution in [0.15, 0.2) is 24.3 Å². The monoisotopic (exact) mass is 261 g/mol. The zero-order valence-corrected chi connectivity index (χ0v) is 12.2. The molecule has 0 bridgehead atoms. The van der Waals surface area contributed by atoms with E-state index in [2.05, 4.69) is 38.2 Å². The van der Waals surface area contributed by atoms with Crippen molar-refractivity contribution >= 4 is 5.78 Å². The highest BCUT2D eigenvalue weighted by Gasteiger charge is 2.33. The Morgan fingerprint density at radius 2 is 1.84 bits per heavy atom. The zero-order valence-electron chi connectivity index (χ0n) is 12.2. The highest BCUT2D eigenvalue weighted by Crippen LogP contribution is 2.24. The van der Waals surface area contributed by atoms with Crippen LogP contribution in [0, 0.1) is 5.92 Å². The first-order valence-electron chi connectivity index (χ1n) is 6.83. The van der Waals surface area contributed by atoms with Gasteiger partial charge in [-0.25, -0.2) is 0 Å². The summed E-state index contributed by atoms with van der Waals surface area (Å²) in [5, 5.41) is 3.15. The molecule has 2 atom stereocenters. The van der Waals surface area contributed by atoms with Crippen molar-refractivity contribution in [3.05, 3.63) is 35.4 Å². The van der Waals surface area contributed by atoms with Crippen molar-refractivity contribution in [2.75, 3.05) is 20.3 Å². The van der Waals surface area contributed by atoms with Gasteiger partial charge >= 0.3 is 0 Å². The first kappa shape index (κ1) is 14.2. The van der Waals surface area contributed by atoms with E-state index in [-0.39, 0.29) is 23.2 Å². The number of ether oxygens (including phenoxy) is 1. The highest BCUT2D eigenvalue weighted by molar-refractivity contribution is 5.98. The fraction of sp³-hybridized carbons (Fsp3) is 0.562. The number of Topliss-reactive ketones (excluding diaryl/α,β-unsaturated/α-hetero) is 1. The molecular weight excluding hydrogens is 238 g/mol. The molecule has 2 rings (SSSR count). The molecule has 104 valence electrons. The van der Waals surface area contributed by atoms with E-state index in [1.165, 1.54) is 5.56 Å². The molecule has 0 amide bonds. The van der Waals surface area contributed by atoms with Crippen LogP contribution in [-0.4, -0.2) is 32.1 Å². The van der Waals surface area contributed by atoms with Crippen LogP contribution in [0.2, 0.25) is 0 Å². The van der Waals surface area contributed by atoms with Crippen molar-refractivity contribution in [2.24, 2.45) is 5.92 Å². The largest absolute Gasteiger partial charge is 0.379 e. The summed E-state index contributed by atoms with van der Waals surface area (Å²) in [5.41, 5.74) is 2.14. The molecule has 1 aromatic rings. The van der Waals surface area contributed by atoms with Crippen LogP contribution in [-0.2, 0) is 10.2 Å². The van der Waals surface area contributed by atoms with Gasteiger partial charge in [0.2, 0.25) is 0 Å². The molecule has 0 aliphatic carbocycles.